The molecule has 0 unspecified atom stereocenters. The van der Waals surface area contributed by atoms with Gasteiger partial charge in [0.25, 0.3) is 0 Å². The molecule has 43 heavy (non-hydrogen) atoms. The maximum atomic E-state index is 13.4. The van der Waals surface area contributed by atoms with E-state index in [0.717, 1.165) is 42.6 Å². The maximum Gasteiger partial charge on any atom is 0.434 e. The largest absolute Gasteiger partial charge is 0.477 e. The molecule has 0 spiro atoms. The number of carbonyl (C=O) groups is 2. The molecule has 4 aromatic heterocycles. The average Bonchev–Trinajstić information content (AvgIpc) is 3.64. The lowest BCUT2D eigenvalue weighted by molar-refractivity contribution is -0.140. The van der Waals surface area contributed by atoms with Gasteiger partial charge in [0.2, 0.25) is 5.43 Å². The number of likely N-dealkylation sites (N-methyl/N-ethyl adjacent to an activating group) is 1. The highest BCUT2D eigenvalue weighted by atomic mass is 32.1. The number of pyridine rings is 3. The Morgan fingerprint density at radius 1 is 1.16 bits per heavy atom. The van der Waals surface area contributed by atoms with Gasteiger partial charge >= 0.3 is 18.2 Å². The van der Waals surface area contributed by atoms with Crippen LogP contribution in [0.2, 0.25) is 0 Å². The van der Waals surface area contributed by atoms with Crippen molar-refractivity contribution in [2.45, 2.75) is 45.5 Å². The highest BCUT2D eigenvalue weighted by Gasteiger charge is 2.34. The van der Waals surface area contributed by atoms with Gasteiger partial charge in [-0.1, -0.05) is 6.92 Å². The first-order valence-corrected chi connectivity index (χ1v) is 14.5. The Bertz CT molecular complexity index is 1750. The van der Waals surface area contributed by atoms with E-state index in [0.29, 0.717) is 29.9 Å². The molecule has 0 aromatic carbocycles. The summed E-state index contributed by atoms with van der Waals surface area (Å²) in [7, 11) is 0. The highest BCUT2D eigenvalue weighted by molar-refractivity contribution is 7.13. The van der Waals surface area contributed by atoms with Crippen LogP contribution in [-0.2, 0) is 12.7 Å². The van der Waals surface area contributed by atoms with Gasteiger partial charge in [-0.05, 0) is 45.0 Å². The number of anilines is 1. The zero-order valence-electron chi connectivity index (χ0n) is 23.2. The molecule has 1 aliphatic heterocycles. The first-order valence-electron chi connectivity index (χ1n) is 13.6. The summed E-state index contributed by atoms with van der Waals surface area (Å²) in [5, 5.41) is 15.8. The molecule has 4 aromatic rings. The second-order valence-corrected chi connectivity index (χ2v) is 10.8. The number of carboxylic acids is 1. The predicted molar refractivity (Wildman–Crippen MR) is 155 cm³/mol. The van der Waals surface area contributed by atoms with E-state index in [4.69, 9.17) is 0 Å². The lowest BCUT2D eigenvalue weighted by Gasteiger charge is -2.24. The molecule has 5 heterocycles. The Morgan fingerprint density at radius 3 is 2.63 bits per heavy atom. The summed E-state index contributed by atoms with van der Waals surface area (Å²) < 4.78 is 41.9. The fourth-order valence-corrected chi connectivity index (χ4v) is 6.09. The van der Waals surface area contributed by atoms with Crippen LogP contribution in [0.4, 0.5) is 23.8 Å². The van der Waals surface area contributed by atoms with E-state index >= 15 is 0 Å². The number of aromatic nitrogens is 4. The third-order valence-electron chi connectivity index (χ3n) is 7.27. The lowest BCUT2D eigenvalue weighted by atomic mass is 10.0. The first-order chi connectivity index (χ1) is 20.5. The van der Waals surface area contributed by atoms with Crippen molar-refractivity contribution in [3.8, 4) is 21.7 Å². The van der Waals surface area contributed by atoms with Crippen molar-refractivity contribution in [1.82, 2.24) is 29.7 Å². The number of carbonyl (C=O) groups excluding carboxylic acids is 1. The summed E-state index contributed by atoms with van der Waals surface area (Å²) in [4.78, 5) is 52.3. The number of fused-ring (bicyclic) bond motifs is 1. The van der Waals surface area contributed by atoms with Crippen LogP contribution >= 0.6 is 11.3 Å². The number of urea groups is 1. The summed E-state index contributed by atoms with van der Waals surface area (Å²) in [6, 6.07) is 2.45. The molecule has 11 nitrogen and oxygen atoms in total. The number of thiazole rings is 1. The van der Waals surface area contributed by atoms with Crippen LogP contribution in [-0.4, -0.2) is 67.2 Å². The summed E-state index contributed by atoms with van der Waals surface area (Å²) in [6.45, 7) is 6.31. The topological polar surface area (TPSA) is 142 Å². The molecule has 2 amide bonds. The molecule has 0 aliphatic carbocycles. The van der Waals surface area contributed by atoms with Crippen LogP contribution in [0.25, 0.3) is 32.7 Å². The number of nitrogens with zero attached hydrogens (tertiary/aromatic N) is 5. The summed E-state index contributed by atoms with van der Waals surface area (Å²) in [5.41, 5.74) is -1.12. The van der Waals surface area contributed by atoms with Gasteiger partial charge < -0.3 is 15.0 Å². The maximum absolute atomic E-state index is 13.4. The first kappa shape index (κ1) is 30.1. The van der Waals surface area contributed by atoms with E-state index < -0.39 is 34.9 Å². The third-order valence-corrected chi connectivity index (χ3v) is 8.15. The predicted octanol–water partition coefficient (Wildman–Crippen LogP) is 4.92. The molecule has 1 fully saturated rings. The Balaban J connectivity index is 1.65. The summed E-state index contributed by atoms with van der Waals surface area (Å²) in [6.07, 6.45) is 1.37. The van der Waals surface area contributed by atoms with Crippen molar-refractivity contribution >= 4 is 40.2 Å². The van der Waals surface area contributed by atoms with Crippen LogP contribution in [0, 0.1) is 0 Å². The number of aromatic carboxylic acids is 1. The highest BCUT2D eigenvalue weighted by Crippen LogP contribution is 2.38. The summed E-state index contributed by atoms with van der Waals surface area (Å²) in [5.74, 6) is -1.31. The zero-order chi connectivity index (χ0) is 30.9. The fourth-order valence-electron chi connectivity index (χ4n) is 5.24. The minimum Gasteiger partial charge on any atom is -0.477 e. The van der Waals surface area contributed by atoms with Crippen LogP contribution in [0.15, 0.2) is 40.9 Å². The number of likely N-dealkylation sites (tertiary alicyclic amines) is 1. The number of amides is 2. The van der Waals surface area contributed by atoms with E-state index in [2.05, 4.69) is 37.4 Å². The normalized spacial score (nSPS) is 15.6. The van der Waals surface area contributed by atoms with E-state index in [1.807, 2.05) is 0 Å². The monoisotopic (exact) mass is 615 g/mol. The van der Waals surface area contributed by atoms with Crippen molar-refractivity contribution < 1.29 is 27.9 Å². The molecule has 0 radical (unpaired) electrons. The number of carboxylic acid groups (broad SMARTS) is 1. The standard InChI is InChI=1S/C28H28F3N7O4S/c1-3-32-27(42)36-22-9-17(25-35-21(14-43-25)28(29,30)31)19(11-33-22)15-8-18-23(39)20(26(40)41)13-38(24(18)34-10-15)12-16-6-5-7-37(16)4-2/h8-11,13-14,16H,3-7,12H2,1-2H3,(H,40,41)(H2,32,33,36,42)/t16-/m1/s1. The van der Waals surface area contributed by atoms with E-state index in [1.165, 1.54) is 30.7 Å². The van der Waals surface area contributed by atoms with E-state index in [-0.39, 0.29) is 27.8 Å². The van der Waals surface area contributed by atoms with Gasteiger partial charge in [0.05, 0.1) is 5.39 Å². The Labute approximate surface area is 247 Å². The quantitative estimate of drug-likeness (QED) is 0.254. The van der Waals surface area contributed by atoms with Crippen LogP contribution < -0.4 is 16.1 Å². The molecule has 3 N–H and O–H groups in total. The van der Waals surface area contributed by atoms with Crippen LogP contribution in [0.3, 0.4) is 0 Å². The Morgan fingerprint density at radius 2 is 1.95 bits per heavy atom. The molecule has 1 saturated heterocycles. The minimum atomic E-state index is -4.67. The van der Waals surface area contributed by atoms with Gasteiger partial charge in [-0.3, -0.25) is 15.0 Å². The van der Waals surface area contributed by atoms with Crippen molar-refractivity contribution in [3.63, 3.8) is 0 Å². The smallest absolute Gasteiger partial charge is 0.434 e. The van der Waals surface area contributed by atoms with Gasteiger partial charge in [-0.2, -0.15) is 13.2 Å². The second-order valence-electron chi connectivity index (χ2n) is 9.98. The Kier molecular flexibility index (Phi) is 8.46. The van der Waals surface area contributed by atoms with Crippen molar-refractivity contribution in [3.05, 3.63) is 57.6 Å². The van der Waals surface area contributed by atoms with Gasteiger partial charge in [0, 0.05) is 59.8 Å². The molecule has 15 heteroatoms. The number of hydrogen-bond acceptors (Lipinski definition) is 8. The van der Waals surface area contributed by atoms with E-state index in [9.17, 15) is 32.7 Å². The molecular weight excluding hydrogens is 587 g/mol. The van der Waals surface area contributed by atoms with Gasteiger partial charge in [0.1, 0.15) is 22.0 Å². The van der Waals surface area contributed by atoms with Crippen molar-refractivity contribution in [2.24, 2.45) is 0 Å². The number of hydrogen-bond donors (Lipinski definition) is 3. The molecule has 1 aliphatic rings. The zero-order valence-corrected chi connectivity index (χ0v) is 24.1. The minimum absolute atomic E-state index is 0.00126. The molecule has 226 valence electrons. The third kappa shape index (κ3) is 6.22. The number of nitrogens with one attached hydrogen (secondary N) is 2. The van der Waals surface area contributed by atoms with E-state index in [1.54, 1.807) is 11.5 Å². The summed E-state index contributed by atoms with van der Waals surface area (Å²) >= 11 is 0.756. The van der Waals surface area contributed by atoms with Crippen LogP contribution in [0.5, 0.6) is 0 Å². The molecule has 0 saturated carbocycles. The molecule has 0 bridgehead atoms. The average molecular weight is 616 g/mol. The molecular formula is C28H28F3N7O4S. The SMILES string of the molecule is CCNC(=O)Nc1cc(-c2nc(C(F)(F)F)cs2)c(-c2cnc3c(c2)c(=O)c(C(=O)O)cn3C[C@H]2CCCN2CC)cn1. The molecule has 5 rings (SSSR count). The van der Waals surface area contributed by atoms with Gasteiger partial charge in [-0.25, -0.2) is 24.5 Å². The van der Waals surface area contributed by atoms with Crippen LogP contribution in [0.1, 0.15) is 42.7 Å². The van der Waals surface area contributed by atoms with Gasteiger partial charge in [-0.15, -0.1) is 11.3 Å². The Hall–Kier alpha value is -4.37. The lowest BCUT2D eigenvalue weighted by Crippen LogP contribution is -2.33. The number of rotatable bonds is 8. The second kappa shape index (κ2) is 12.1. The van der Waals surface area contributed by atoms with Crippen molar-refractivity contribution in [1.29, 1.82) is 0 Å². The van der Waals surface area contributed by atoms with Gasteiger partial charge in [0.15, 0.2) is 5.69 Å². The number of alkyl halides is 3. The van der Waals surface area contributed by atoms with Crippen molar-refractivity contribution in [2.75, 3.05) is 25.0 Å². The molecule has 1 atom stereocenters. The fraction of sp³-hybridized carbons (Fsp3) is 0.357. The number of halogens is 3.